The Hall–Kier alpha value is -3.02. The van der Waals surface area contributed by atoms with Crippen molar-refractivity contribution in [3.05, 3.63) is 59.7 Å². The molecule has 0 aliphatic carbocycles. The van der Waals surface area contributed by atoms with Gasteiger partial charge in [-0.15, -0.1) is 0 Å². The van der Waals surface area contributed by atoms with E-state index in [2.05, 4.69) is 5.32 Å². The van der Waals surface area contributed by atoms with E-state index in [1.807, 2.05) is 69.3 Å². The van der Waals surface area contributed by atoms with Crippen LogP contribution in [0, 0.1) is 6.92 Å². The van der Waals surface area contributed by atoms with E-state index in [0.29, 0.717) is 12.3 Å². The van der Waals surface area contributed by atoms with Gasteiger partial charge in [0.2, 0.25) is 5.91 Å². The average Bonchev–Trinajstić information content (AvgIpc) is 2.70. The largest absolute Gasteiger partial charge is 0.497 e. The molecule has 0 aromatic heterocycles. The summed E-state index contributed by atoms with van der Waals surface area (Å²) in [5.41, 5.74) is 1.85. The molecule has 6 nitrogen and oxygen atoms in total. The number of methoxy groups -OCH3 is 1. The minimum absolute atomic E-state index is 0.00823. The van der Waals surface area contributed by atoms with Gasteiger partial charge in [-0.3, -0.25) is 9.59 Å². The van der Waals surface area contributed by atoms with Gasteiger partial charge in [0.05, 0.1) is 7.11 Å². The summed E-state index contributed by atoms with van der Waals surface area (Å²) < 4.78 is 10.9. The molecule has 0 saturated heterocycles. The predicted molar refractivity (Wildman–Crippen MR) is 113 cm³/mol. The first-order valence-corrected chi connectivity index (χ1v) is 9.73. The molecular weight excluding hydrogens is 368 g/mol. The summed E-state index contributed by atoms with van der Waals surface area (Å²) in [5, 5.41) is 2.87. The molecule has 29 heavy (non-hydrogen) atoms. The summed E-state index contributed by atoms with van der Waals surface area (Å²) in [6.07, 6.45) is 0. The Bertz CT molecular complexity index is 818. The molecule has 2 rings (SSSR count). The summed E-state index contributed by atoms with van der Waals surface area (Å²) >= 11 is 0. The molecule has 0 aliphatic rings. The third-order valence-corrected chi connectivity index (χ3v) is 4.55. The Balaban J connectivity index is 2.16. The topological polar surface area (TPSA) is 67.9 Å². The number of nitrogens with zero attached hydrogens (tertiary/aromatic N) is 1. The number of rotatable bonds is 9. The van der Waals surface area contributed by atoms with Crippen molar-refractivity contribution < 1.29 is 19.1 Å². The van der Waals surface area contributed by atoms with E-state index in [1.165, 1.54) is 4.90 Å². The number of carbonyl (C=O) groups is 2. The number of hydrogen-bond donors (Lipinski definition) is 1. The van der Waals surface area contributed by atoms with Crippen LogP contribution in [0.15, 0.2) is 48.5 Å². The van der Waals surface area contributed by atoms with Crippen LogP contribution in [0.25, 0.3) is 0 Å². The van der Waals surface area contributed by atoms with Gasteiger partial charge in [0.1, 0.15) is 17.5 Å². The van der Waals surface area contributed by atoms with Crippen molar-refractivity contribution in [2.45, 2.75) is 46.3 Å². The normalized spacial score (nSPS) is 11.7. The number of nitrogens with one attached hydrogen (secondary N) is 1. The Morgan fingerprint density at radius 2 is 1.69 bits per heavy atom. The zero-order chi connectivity index (χ0) is 21.4. The fourth-order valence-electron chi connectivity index (χ4n) is 2.86. The second kappa shape index (κ2) is 10.5. The molecule has 1 atom stereocenters. The van der Waals surface area contributed by atoms with Crippen LogP contribution >= 0.6 is 0 Å². The molecule has 156 valence electrons. The molecular formula is C23H30N2O4. The maximum Gasteiger partial charge on any atom is 0.261 e. The van der Waals surface area contributed by atoms with Gasteiger partial charge in [-0.05, 0) is 57.0 Å². The molecule has 0 saturated carbocycles. The third-order valence-electron chi connectivity index (χ3n) is 4.55. The minimum atomic E-state index is -0.632. The Kier molecular flexibility index (Phi) is 8.07. The molecule has 0 spiro atoms. The van der Waals surface area contributed by atoms with Crippen molar-refractivity contribution in [1.29, 1.82) is 0 Å². The standard InChI is InChI=1S/C23H30N2O4/c1-16(2)24-23(27)18(4)25(14-19-10-12-20(28-5)13-11-19)22(26)15-29-21-9-7-6-8-17(21)3/h6-13,16,18H,14-15H2,1-5H3,(H,24,27)/t18-/m1/s1. The van der Waals surface area contributed by atoms with Crippen LogP contribution in [-0.4, -0.2) is 42.5 Å². The zero-order valence-electron chi connectivity index (χ0n) is 17.8. The molecule has 2 amide bonds. The number of amides is 2. The van der Waals surface area contributed by atoms with E-state index in [-0.39, 0.29) is 24.5 Å². The zero-order valence-corrected chi connectivity index (χ0v) is 17.8. The Labute approximate surface area is 172 Å². The lowest BCUT2D eigenvalue weighted by Crippen LogP contribution is -2.50. The number of carbonyl (C=O) groups excluding carboxylic acids is 2. The van der Waals surface area contributed by atoms with E-state index in [1.54, 1.807) is 14.0 Å². The SMILES string of the molecule is COc1ccc(CN(C(=O)COc2ccccc2C)[C@H](C)C(=O)NC(C)C)cc1. The first-order valence-electron chi connectivity index (χ1n) is 9.73. The van der Waals surface area contributed by atoms with Crippen LogP contribution in [0.3, 0.4) is 0 Å². The number of hydrogen-bond acceptors (Lipinski definition) is 4. The highest BCUT2D eigenvalue weighted by atomic mass is 16.5. The summed E-state index contributed by atoms with van der Waals surface area (Å²) in [6, 6.07) is 14.3. The molecule has 0 aliphatic heterocycles. The summed E-state index contributed by atoms with van der Waals surface area (Å²) in [5.74, 6) is 0.942. The minimum Gasteiger partial charge on any atom is -0.497 e. The third kappa shape index (κ3) is 6.52. The fourth-order valence-corrected chi connectivity index (χ4v) is 2.86. The highest BCUT2D eigenvalue weighted by molar-refractivity contribution is 5.88. The Morgan fingerprint density at radius 3 is 2.28 bits per heavy atom. The maximum absolute atomic E-state index is 13.0. The van der Waals surface area contributed by atoms with Gasteiger partial charge in [0.25, 0.3) is 5.91 Å². The first-order chi connectivity index (χ1) is 13.8. The van der Waals surface area contributed by atoms with E-state index in [0.717, 1.165) is 16.9 Å². The first kappa shape index (κ1) is 22.3. The summed E-state index contributed by atoms with van der Waals surface area (Å²) in [4.78, 5) is 27.1. The van der Waals surface area contributed by atoms with Crippen molar-refractivity contribution >= 4 is 11.8 Å². The number of aryl methyl sites for hydroxylation is 1. The molecule has 0 heterocycles. The van der Waals surface area contributed by atoms with Crippen molar-refractivity contribution in [2.24, 2.45) is 0 Å². The lowest BCUT2D eigenvalue weighted by Gasteiger charge is -2.29. The van der Waals surface area contributed by atoms with Crippen LogP contribution in [-0.2, 0) is 16.1 Å². The monoisotopic (exact) mass is 398 g/mol. The van der Waals surface area contributed by atoms with Crippen LogP contribution in [0.5, 0.6) is 11.5 Å². The highest BCUT2D eigenvalue weighted by Crippen LogP contribution is 2.18. The molecule has 0 unspecified atom stereocenters. The van der Waals surface area contributed by atoms with Crippen molar-refractivity contribution in [3.63, 3.8) is 0 Å². The average molecular weight is 399 g/mol. The molecule has 2 aromatic rings. The lowest BCUT2D eigenvalue weighted by atomic mass is 10.1. The predicted octanol–water partition coefficient (Wildman–Crippen LogP) is 3.32. The quantitative estimate of drug-likeness (QED) is 0.704. The Morgan fingerprint density at radius 1 is 1.03 bits per heavy atom. The van der Waals surface area contributed by atoms with Crippen LogP contribution < -0.4 is 14.8 Å². The molecule has 2 aromatic carbocycles. The van der Waals surface area contributed by atoms with Crippen molar-refractivity contribution in [1.82, 2.24) is 10.2 Å². The van der Waals surface area contributed by atoms with E-state index in [4.69, 9.17) is 9.47 Å². The summed E-state index contributed by atoms with van der Waals surface area (Å²) in [7, 11) is 1.60. The van der Waals surface area contributed by atoms with Gasteiger partial charge >= 0.3 is 0 Å². The number of ether oxygens (including phenoxy) is 2. The maximum atomic E-state index is 13.0. The van der Waals surface area contributed by atoms with Crippen molar-refractivity contribution in [3.8, 4) is 11.5 Å². The number of para-hydroxylation sites is 1. The van der Waals surface area contributed by atoms with Crippen LogP contribution in [0.4, 0.5) is 0 Å². The fraction of sp³-hybridized carbons (Fsp3) is 0.391. The van der Waals surface area contributed by atoms with Crippen LogP contribution in [0.2, 0.25) is 0 Å². The lowest BCUT2D eigenvalue weighted by molar-refractivity contribution is -0.142. The van der Waals surface area contributed by atoms with Gasteiger partial charge < -0.3 is 19.7 Å². The highest BCUT2D eigenvalue weighted by Gasteiger charge is 2.27. The molecule has 1 N–H and O–H groups in total. The smallest absolute Gasteiger partial charge is 0.261 e. The molecule has 0 bridgehead atoms. The van der Waals surface area contributed by atoms with Crippen molar-refractivity contribution in [2.75, 3.05) is 13.7 Å². The van der Waals surface area contributed by atoms with E-state index in [9.17, 15) is 9.59 Å². The van der Waals surface area contributed by atoms with Gasteiger partial charge in [-0.2, -0.15) is 0 Å². The van der Waals surface area contributed by atoms with Gasteiger partial charge in [0, 0.05) is 12.6 Å². The van der Waals surface area contributed by atoms with E-state index < -0.39 is 6.04 Å². The van der Waals surface area contributed by atoms with E-state index >= 15 is 0 Å². The molecule has 0 fully saturated rings. The van der Waals surface area contributed by atoms with Gasteiger partial charge in [-0.25, -0.2) is 0 Å². The molecule has 0 radical (unpaired) electrons. The second-order valence-corrected chi connectivity index (χ2v) is 7.26. The van der Waals surface area contributed by atoms with Gasteiger partial charge in [0.15, 0.2) is 6.61 Å². The summed E-state index contributed by atoms with van der Waals surface area (Å²) in [6.45, 7) is 7.59. The second-order valence-electron chi connectivity index (χ2n) is 7.26. The van der Waals surface area contributed by atoms with Crippen LogP contribution in [0.1, 0.15) is 31.9 Å². The van der Waals surface area contributed by atoms with Gasteiger partial charge in [-0.1, -0.05) is 30.3 Å². The number of benzene rings is 2. The molecule has 6 heteroatoms.